The van der Waals surface area contributed by atoms with Gasteiger partial charge in [0.15, 0.2) is 0 Å². The Morgan fingerprint density at radius 1 is 1.30 bits per heavy atom. The summed E-state index contributed by atoms with van der Waals surface area (Å²) in [6.07, 6.45) is 1.88. The molecule has 1 saturated heterocycles. The van der Waals surface area contributed by atoms with E-state index in [0.717, 1.165) is 18.5 Å². The molecule has 1 unspecified atom stereocenters. The molecule has 0 spiro atoms. The number of rotatable bonds is 4. The summed E-state index contributed by atoms with van der Waals surface area (Å²) in [7, 11) is 0. The van der Waals surface area contributed by atoms with Crippen molar-refractivity contribution >= 4 is 5.91 Å². The van der Waals surface area contributed by atoms with Gasteiger partial charge in [0.1, 0.15) is 17.2 Å². The number of nitrogens with zero attached hydrogens (tertiary/aromatic N) is 5. The van der Waals surface area contributed by atoms with Crippen LogP contribution in [0.1, 0.15) is 36.0 Å². The van der Waals surface area contributed by atoms with Gasteiger partial charge in [0, 0.05) is 19.0 Å². The topological polar surface area (TPSA) is 110 Å². The molecule has 1 aliphatic heterocycles. The van der Waals surface area contributed by atoms with Crippen molar-refractivity contribution in [1.82, 2.24) is 30.0 Å². The maximum absolute atomic E-state index is 12.7. The molecule has 1 amide bonds. The molecule has 3 heterocycles. The van der Waals surface area contributed by atoms with Gasteiger partial charge in [0.2, 0.25) is 5.91 Å². The molecule has 140 valence electrons. The zero-order chi connectivity index (χ0) is 18.8. The van der Waals surface area contributed by atoms with Crippen molar-refractivity contribution in [3.63, 3.8) is 0 Å². The van der Waals surface area contributed by atoms with Gasteiger partial charge in [-0.15, -0.1) is 0 Å². The first-order chi connectivity index (χ1) is 13.1. The minimum absolute atomic E-state index is 0.0154. The van der Waals surface area contributed by atoms with Crippen LogP contribution in [0.2, 0.25) is 0 Å². The summed E-state index contributed by atoms with van der Waals surface area (Å²) in [5, 5.41) is 14.3. The fraction of sp³-hybridized carbons (Fsp3) is 0.389. The Bertz CT molecular complexity index is 990. The molecule has 1 aliphatic rings. The largest absolute Gasteiger partial charge is 0.347 e. The van der Waals surface area contributed by atoms with Gasteiger partial charge in [-0.3, -0.25) is 4.79 Å². The molecule has 27 heavy (non-hydrogen) atoms. The highest BCUT2D eigenvalue weighted by molar-refractivity contribution is 5.78. The molecule has 1 fully saturated rings. The van der Waals surface area contributed by atoms with Crippen molar-refractivity contribution in [1.29, 1.82) is 0 Å². The minimum Gasteiger partial charge on any atom is -0.342 e. The highest BCUT2D eigenvalue weighted by Gasteiger charge is 2.29. The second kappa shape index (κ2) is 7.18. The summed E-state index contributed by atoms with van der Waals surface area (Å²) in [6.45, 7) is 2.96. The zero-order valence-electron chi connectivity index (χ0n) is 15.0. The highest BCUT2D eigenvalue weighted by Crippen LogP contribution is 2.26. The van der Waals surface area contributed by atoms with E-state index < -0.39 is 0 Å². The predicted octanol–water partition coefficient (Wildman–Crippen LogP) is 1.20. The number of benzene rings is 1. The third kappa shape index (κ3) is 3.40. The second-order valence-corrected chi connectivity index (χ2v) is 6.71. The number of carbonyl (C=O) groups is 1. The number of aromatic amines is 1. The number of carbonyl (C=O) groups excluding carboxylic acids is 1. The molecule has 9 nitrogen and oxygen atoms in total. The third-order valence-electron chi connectivity index (χ3n) is 4.92. The lowest BCUT2D eigenvalue weighted by molar-refractivity contribution is -0.131. The molecule has 0 radical (unpaired) electrons. The summed E-state index contributed by atoms with van der Waals surface area (Å²) in [5.41, 5.74) is 1.67. The third-order valence-corrected chi connectivity index (χ3v) is 4.92. The van der Waals surface area contributed by atoms with Crippen LogP contribution in [0.5, 0.6) is 0 Å². The van der Waals surface area contributed by atoms with Crippen molar-refractivity contribution in [2.24, 2.45) is 0 Å². The molecule has 0 bridgehead atoms. The van der Waals surface area contributed by atoms with Crippen LogP contribution < -0.4 is 5.69 Å². The number of amides is 1. The molecule has 0 aliphatic carbocycles. The monoisotopic (exact) mass is 368 g/mol. The van der Waals surface area contributed by atoms with Crippen LogP contribution >= 0.6 is 0 Å². The lowest BCUT2D eigenvalue weighted by Crippen LogP contribution is -2.40. The highest BCUT2D eigenvalue weighted by atomic mass is 16.6. The van der Waals surface area contributed by atoms with E-state index in [1.807, 2.05) is 30.3 Å². The average Bonchev–Trinajstić information content (AvgIpc) is 3.28. The van der Waals surface area contributed by atoms with Gasteiger partial charge < -0.3 is 4.90 Å². The molecule has 9 heteroatoms. The molecule has 1 aromatic carbocycles. The fourth-order valence-corrected chi connectivity index (χ4v) is 3.49. The van der Waals surface area contributed by atoms with Crippen LogP contribution in [0.25, 0.3) is 5.69 Å². The second-order valence-electron chi connectivity index (χ2n) is 6.71. The maximum Gasteiger partial charge on any atom is 0.347 e. The van der Waals surface area contributed by atoms with E-state index in [9.17, 15) is 9.59 Å². The van der Waals surface area contributed by atoms with Gasteiger partial charge >= 0.3 is 5.69 Å². The molecule has 1 N–H and O–H groups in total. The van der Waals surface area contributed by atoms with E-state index in [0.29, 0.717) is 30.3 Å². The number of piperidine rings is 1. The molecule has 0 saturated carbocycles. The molecule has 2 aromatic heterocycles. The van der Waals surface area contributed by atoms with Crippen molar-refractivity contribution in [2.75, 3.05) is 13.1 Å². The predicted molar refractivity (Wildman–Crippen MR) is 95.5 cm³/mol. The van der Waals surface area contributed by atoms with E-state index >= 15 is 0 Å². The number of para-hydroxylation sites is 1. The lowest BCUT2D eigenvalue weighted by atomic mass is 9.96. The van der Waals surface area contributed by atoms with E-state index in [1.54, 1.807) is 16.4 Å². The van der Waals surface area contributed by atoms with E-state index in [1.165, 1.54) is 0 Å². The Hall–Kier alpha value is -3.23. The smallest absolute Gasteiger partial charge is 0.342 e. The normalized spacial score (nSPS) is 17.2. The Kier molecular flexibility index (Phi) is 4.57. The number of nitrogens with one attached hydrogen (secondary N) is 1. The van der Waals surface area contributed by atoms with Gasteiger partial charge in [0.25, 0.3) is 0 Å². The first kappa shape index (κ1) is 17.2. The van der Waals surface area contributed by atoms with Crippen molar-refractivity contribution in [3.8, 4) is 5.69 Å². The first-order valence-corrected chi connectivity index (χ1v) is 8.92. The number of likely N-dealkylation sites (tertiary alicyclic amines) is 1. The van der Waals surface area contributed by atoms with Gasteiger partial charge in [-0.25, -0.2) is 19.1 Å². The van der Waals surface area contributed by atoms with Crippen LogP contribution in [-0.2, 0) is 11.2 Å². The summed E-state index contributed by atoms with van der Waals surface area (Å²) >= 11 is 0. The quantitative estimate of drug-likeness (QED) is 0.741. The summed E-state index contributed by atoms with van der Waals surface area (Å²) in [4.78, 5) is 26.8. The van der Waals surface area contributed by atoms with Crippen LogP contribution in [-0.4, -0.2) is 49.0 Å². The molecule has 4 rings (SSSR count). The van der Waals surface area contributed by atoms with E-state index in [4.69, 9.17) is 0 Å². The van der Waals surface area contributed by atoms with Gasteiger partial charge in [-0.1, -0.05) is 28.5 Å². The molecular weight excluding hydrogens is 348 g/mol. The van der Waals surface area contributed by atoms with E-state index in [-0.39, 0.29) is 23.9 Å². The lowest BCUT2D eigenvalue weighted by Gasteiger charge is -2.32. The molecule has 1 atom stereocenters. The number of aromatic nitrogens is 5. The van der Waals surface area contributed by atoms with Crippen LogP contribution in [0.4, 0.5) is 0 Å². The number of aryl methyl sites for hydroxylation is 1. The zero-order valence-corrected chi connectivity index (χ0v) is 15.0. The first-order valence-electron chi connectivity index (χ1n) is 8.92. The van der Waals surface area contributed by atoms with Crippen molar-refractivity contribution in [3.05, 3.63) is 58.0 Å². The Morgan fingerprint density at radius 3 is 2.85 bits per heavy atom. The van der Waals surface area contributed by atoms with Crippen LogP contribution in [0.15, 0.2) is 39.8 Å². The van der Waals surface area contributed by atoms with Gasteiger partial charge in [0.05, 0.1) is 12.1 Å². The average molecular weight is 368 g/mol. The van der Waals surface area contributed by atoms with Crippen LogP contribution in [0.3, 0.4) is 0 Å². The van der Waals surface area contributed by atoms with Crippen molar-refractivity contribution in [2.45, 2.75) is 32.1 Å². The summed E-state index contributed by atoms with van der Waals surface area (Å²) < 4.78 is 6.26. The Balaban J connectivity index is 1.55. The van der Waals surface area contributed by atoms with Gasteiger partial charge in [-0.2, -0.15) is 5.10 Å². The van der Waals surface area contributed by atoms with E-state index in [2.05, 4.69) is 25.1 Å². The number of H-pyrrole nitrogens is 1. The molecule has 3 aromatic rings. The standard InChI is InChI=1S/C18H20N6O3/c1-12-15(22-27-21-12)10-16(25)23-9-5-6-13(11-23)17-19-20-18(26)24(17)14-7-3-2-4-8-14/h2-4,7-8,13H,5-6,9-11H2,1H3,(H,20,26). The van der Waals surface area contributed by atoms with Gasteiger partial charge in [-0.05, 0) is 31.9 Å². The van der Waals surface area contributed by atoms with Crippen LogP contribution in [0, 0.1) is 6.92 Å². The fourth-order valence-electron chi connectivity index (χ4n) is 3.49. The Labute approximate surface area is 155 Å². The SMILES string of the molecule is Cc1nonc1CC(=O)N1CCCC(c2n[nH]c(=O)n2-c2ccccc2)C1. The maximum atomic E-state index is 12.7. The summed E-state index contributed by atoms with van der Waals surface area (Å²) in [6, 6.07) is 9.39. The molecular formula is C18H20N6O3. The Morgan fingerprint density at radius 2 is 2.11 bits per heavy atom. The number of hydrogen-bond acceptors (Lipinski definition) is 6. The number of hydrogen-bond donors (Lipinski definition) is 1. The minimum atomic E-state index is -0.274. The summed E-state index contributed by atoms with van der Waals surface area (Å²) in [5.74, 6) is 0.615. The van der Waals surface area contributed by atoms with Crippen molar-refractivity contribution < 1.29 is 9.42 Å².